The van der Waals surface area contributed by atoms with Crippen LogP contribution in [0.3, 0.4) is 0 Å². The summed E-state index contributed by atoms with van der Waals surface area (Å²) in [6.45, 7) is 4.66. The van der Waals surface area contributed by atoms with Gasteiger partial charge < -0.3 is 10.2 Å². The van der Waals surface area contributed by atoms with E-state index in [1.165, 1.54) is 11.3 Å². The summed E-state index contributed by atoms with van der Waals surface area (Å²) in [6.07, 6.45) is 4.82. The lowest BCUT2D eigenvalue weighted by molar-refractivity contribution is 0.0741. The number of aromatic nitrogens is 3. The zero-order chi connectivity index (χ0) is 14.5. The number of hydrogen-bond donors (Lipinski definition) is 1. The van der Waals surface area contributed by atoms with E-state index in [0.717, 1.165) is 11.6 Å². The summed E-state index contributed by atoms with van der Waals surface area (Å²) < 4.78 is 0. The topological polar surface area (TPSA) is 71.0 Å². The molecule has 1 amide bonds. The molecule has 0 aliphatic rings. The Kier molecular flexibility index (Phi) is 4.62. The number of carbonyl (C=O) groups excluding carboxylic acids is 1. The van der Waals surface area contributed by atoms with Crippen LogP contribution in [0.15, 0.2) is 24.0 Å². The number of nitrogens with zero attached hydrogens (tertiary/aromatic N) is 4. The molecule has 0 spiro atoms. The van der Waals surface area contributed by atoms with E-state index in [0.29, 0.717) is 11.5 Å². The van der Waals surface area contributed by atoms with Gasteiger partial charge in [-0.3, -0.25) is 4.79 Å². The van der Waals surface area contributed by atoms with Gasteiger partial charge >= 0.3 is 0 Å². The van der Waals surface area contributed by atoms with Crippen molar-refractivity contribution in [2.24, 2.45) is 0 Å². The second-order valence-electron chi connectivity index (χ2n) is 4.29. The van der Waals surface area contributed by atoms with Crippen molar-refractivity contribution in [1.29, 1.82) is 0 Å². The first-order valence-electron chi connectivity index (χ1n) is 6.36. The predicted molar refractivity (Wildman–Crippen MR) is 78.8 cm³/mol. The van der Waals surface area contributed by atoms with Crippen molar-refractivity contribution < 1.29 is 4.79 Å². The Bertz CT molecular complexity index is 555. The second kappa shape index (κ2) is 6.42. The van der Waals surface area contributed by atoms with Crippen LogP contribution in [0, 0.1) is 0 Å². The van der Waals surface area contributed by atoms with Crippen molar-refractivity contribution in [2.75, 3.05) is 18.9 Å². The SMILES string of the molecule is CCNc1ncc(C(=O)N(C)C(C)c2nccs2)cn1. The predicted octanol–water partition coefficient (Wildman–Crippen LogP) is 2.20. The van der Waals surface area contributed by atoms with Gasteiger partial charge in [0, 0.05) is 37.6 Å². The van der Waals surface area contributed by atoms with E-state index in [9.17, 15) is 4.79 Å². The minimum Gasteiger partial charge on any atom is -0.355 e. The van der Waals surface area contributed by atoms with Crippen LogP contribution in [0.1, 0.15) is 35.3 Å². The van der Waals surface area contributed by atoms with Gasteiger partial charge in [0.25, 0.3) is 5.91 Å². The average molecular weight is 291 g/mol. The highest BCUT2D eigenvalue weighted by Gasteiger charge is 2.21. The Labute approximate surface area is 121 Å². The maximum absolute atomic E-state index is 12.4. The standard InChI is InChI=1S/C13H17N5OS/c1-4-14-13-16-7-10(8-17-13)12(19)18(3)9(2)11-15-5-6-20-11/h5-9H,4H2,1-3H3,(H,14,16,17). The molecule has 0 saturated heterocycles. The molecule has 0 bridgehead atoms. The molecule has 6 nitrogen and oxygen atoms in total. The summed E-state index contributed by atoms with van der Waals surface area (Å²) in [6, 6.07) is -0.0732. The minimum absolute atomic E-state index is 0.0732. The molecule has 106 valence electrons. The number of anilines is 1. The lowest BCUT2D eigenvalue weighted by Crippen LogP contribution is -2.29. The Morgan fingerprint density at radius 1 is 1.40 bits per heavy atom. The van der Waals surface area contributed by atoms with Crippen molar-refractivity contribution in [3.05, 3.63) is 34.5 Å². The first-order valence-corrected chi connectivity index (χ1v) is 7.24. The Hall–Kier alpha value is -2.02. The monoisotopic (exact) mass is 291 g/mol. The maximum Gasteiger partial charge on any atom is 0.257 e. The molecule has 0 aliphatic heterocycles. The number of hydrogen-bond acceptors (Lipinski definition) is 6. The third-order valence-electron chi connectivity index (χ3n) is 2.94. The Morgan fingerprint density at radius 3 is 2.65 bits per heavy atom. The summed E-state index contributed by atoms with van der Waals surface area (Å²) in [4.78, 5) is 26.5. The van der Waals surface area contributed by atoms with Crippen LogP contribution >= 0.6 is 11.3 Å². The molecule has 7 heteroatoms. The van der Waals surface area contributed by atoms with Gasteiger partial charge in [-0.25, -0.2) is 15.0 Å². The van der Waals surface area contributed by atoms with Crippen LogP contribution in [-0.2, 0) is 0 Å². The molecule has 2 aromatic rings. The van der Waals surface area contributed by atoms with E-state index in [1.54, 1.807) is 30.5 Å². The van der Waals surface area contributed by atoms with E-state index in [1.807, 2.05) is 19.2 Å². The molecule has 2 heterocycles. The van der Waals surface area contributed by atoms with Crippen molar-refractivity contribution in [2.45, 2.75) is 19.9 Å². The van der Waals surface area contributed by atoms with Crippen molar-refractivity contribution in [3.63, 3.8) is 0 Å². The third-order valence-corrected chi connectivity index (χ3v) is 3.89. The fourth-order valence-electron chi connectivity index (χ4n) is 1.67. The molecule has 0 aromatic carbocycles. The van der Waals surface area contributed by atoms with Crippen molar-refractivity contribution in [3.8, 4) is 0 Å². The van der Waals surface area contributed by atoms with Crippen LogP contribution < -0.4 is 5.32 Å². The zero-order valence-electron chi connectivity index (χ0n) is 11.7. The van der Waals surface area contributed by atoms with Crippen LogP contribution in [0.2, 0.25) is 0 Å². The second-order valence-corrected chi connectivity index (χ2v) is 5.21. The molecule has 0 fully saturated rings. The first kappa shape index (κ1) is 14.4. The van der Waals surface area contributed by atoms with Crippen LogP contribution in [0.25, 0.3) is 0 Å². The van der Waals surface area contributed by atoms with Crippen molar-refractivity contribution in [1.82, 2.24) is 19.9 Å². The van der Waals surface area contributed by atoms with Crippen LogP contribution in [-0.4, -0.2) is 39.4 Å². The molecular formula is C13H17N5OS. The molecule has 1 atom stereocenters. The van der Waals surface area contributed by atoms with Gasteiger partial charge in [-0.05, 0) is 13.8 Å². The third kappa shape index (κ3) is 3.11. The van der Waals surface area contributed by atoms with Gasteiger partial charge in [0.1, 0.15) is 5.01 Å². The fourth-order valence-corrected chi connectivity index (χ4v) is 2.41. The highest BCUT2D eigenvalue weighted by Crippen LogP contribution is 2.22. The molecule has 1 unspecified atom stereocenters. The smallest absolute Gasteiger partial charge is 0.257 e. The summed E-state index contributed by atoms with van der Waals surface area (Å²) >= 11 is 1.53. The summed E-state index contributed by atoms with van der Waals surface area (Å²) in [5, 5.41) is 5.80. The van der Waals surface area contributed by atoms with E-state index < -0.39 is 0 Å². The van der Waals surface area contributed by atoms with Gasteiger partial charge in [0.2, 0.25) is 5.95 Å². The number of carbonyl (C=O) groups is 1. The van der Waals surface area contributed by atoms with E-state index in [-0.39, 0.29) is 11.9 Å². The van der Waals surface area contributed by atoms with Crippen molar-refractivity contribution >= 4 is 23.2 Å². The number of rotatable bonds is 5. The average Bonchev–Trinajstić information content (AvgIpc) is 3.00. The number of thiazole rings is 1. The zero-order valence-corrected chi connectivity index (χ0v) is 12.5. The lowest BCUT2D eigenvalue weighted by atomic mass is 10.2. The fraction of sp³-hybridized carbons (Fsp3) is 0.385. The first-order chi connectivity index (χ1) is 9.63. The quantitative estimate of drug-likeness (QED) is 0.914. The number of amides is 1. The Morgan fingerprint density at radius 2 is 2.10 bits per heavy atom. The van der Waals surface area contributed by atoms with E-state index in [2.05, 4.69) is 20.3 Å². The van der Waals surface area contributed by atoms with Gasteiger partial charge in [-0.1, -0.05) is 0 Å². The summed E-state index contributed by atoms with van der Waals surface area (Å²) in [5.74, 6) is 0.412. The van der Waals surface area contributed by atoms with Crippen LogP contribution in [0.5, 0.6) is 0 Å². The van der Waals surface area contributed by atoms with Gasteiger partial charge in [0.15, 0.2) is 0 Å². The minimum atomic E-state index is -0.115. The maximum atomic E-state index is 12.4. The molecule has 2 rings (SSSR count). The normalized spacial score (nSPS) is 11.9. The highest BCUT2D eigenvalue weighted by atomic mass is 32.1. The van der Waals surface area contributed by atoms with E-state index in [4.69, 9.17) is 0 Å². The molecule has 0 radical (unpaired) electrons. The molecule has 0 aliphatic carbocycles. The Balaban J connectivity index is 2.10. The summed E-state index contributed by atoms with van der Waals surface area (Å²) in [7, 11) is 1.76. The highest BCUT2D eigenvalue weighted by molar-refractivity contribution is 7.09. The molecule has 20 heavy (non-hydrogen) atoms. The van der Waals surface area contributed by atoms with E-state index >= 15 is 0 Å². The molecule has 2 aromatic heterocycles. The van der Waals surface area contributed by atoms with Crippen LogP contribution in [0.4, 0.5) is 5.95 Å². The van der Waals surface area contributed by atoms with Gasteiger partial charge in [-0.2, -0.15) is 0 Å². The van der Waals surface area contributed by atoms with Gasteiger partial charge in [0.05, 0.1) is 11.6 Å². The summed E-state index contributed by atoms with van der Waals surface area (Å²) in [5.41, 5.74) is 0.470. The lowest BCUT2D eigenvalue weighted by Gasteiger charge is -2.23. The molecule has 1 N–H and O–H groups in total. The molecular weight excluding hydrogens is 274 g/mol. The number of nitrogens with one attached hydrogen (secondary N) is 1. The molecule has 0 saturated carbocycles. The van der Waals surface area contributed by atoms with Gasteiger partial charge in [-0.15, -0.1) is 11.3 Å². The largest absolute Gasteiger partial charge is 0.355 e.